The summed E-state index contributed by atoms with van der Waals surface area (Å²) in [6.07, 6.45) is -3.43. The van der Waals surface area contributed by atoms with E-state index in [1.165, 1.54) is 12.4 Å². The Balaban J connectivity index is 0.934. The Hall–Kier alpha value is -15.7. The zero-order valence-electron chi connectivity index (χ0n) is 58.9. The van der Waals surface area contributed by atoms with Gasteiger partial charge in [0.2, 0.25) is 0 Å². The van der Waals surface area contributed by atoms with E-state index in [0.29, 0.717) is 108 Å². The van der Waals surface area contributed by atoms with Gasteiger partial charge in [0.05, 0.1) is 50.6 Å². The zero-order chi connectivity index (χ0) is 75.4. The predicted octanol–water partition coefficient (Wildman–Crippen LogP) is 21.4. The van der Waals surface area contributed by atoms with Crippen LogP contribution in [0.15, 0.2) is 322 Å². The lowest BCUT2D eigenvalue weighted by Crippen LogP contribution is -2.07. The summed E-state index contributed by atoms with van der Waals surface area (Å²) in [7, 11) is 0. The minimum Gasteiger partial charge on any atom is -0.308 e. The van der Waals surface area contributed by atoms with Gasteiger partial charge in [-0.25, -0.2) is 59.8 Å². The molecule has 6 heterocycles. The van der Waals surface area contributed by atoms with Crippen LogP contribution in [0.4, 0.5) is 13.2 Å². The quantitative estimate of drug-likeness (QED) is 0.0991. The Morgan fingerprint density at radius 1 is 0.241 bits per heavy atom. The number of aromatic nitrogens is 14. The molecule has 0 saturated carbocycles. The maximum Gasteiger partial charge on any atom is 0.416 e. The first-order valence-electron chi connectivity index (χ1n) is 35.8. The molecule has 0 N–H and O–H groups in total. The van der Waals surface area contributed by atoms with E-state index in [9.17, 15) is 10.5 Å². The highest BCUT2D eigenvalue weighted by Gasteiger charge is 2.33. The van der Waals surface area contributed by atoms with Crippen LogP contribution in [0.1, 0.15) is 16.7 Å². The van der Waals surface area contributed by atoms with Gasteiger partial charge in [-0.2, -0.15) is 23.7 Å². The third-order valence-corrected chi connectivity index (χ3v) is 19.7. The number of hydrogen-bond acceptors (Lipinski definition) is 14. The Labute approximate surface area is 637 Å². The average molecular weight is 1450 g/mol. The molecule has 0 aliphatic heterocycles. The van der Waals surface area contributed by atoms with E-state index in [-0.39, 0.29) is 33.6 Å². The number of nitriles is 2. The van der Waals surface area contributed by atoms with Gasteiger partial charge in [0.25, 0.3) is 0 Å². The lowest BCUT2D eigenvalue weighted by Gasteiger charge is -2.19. The molecule has 6 aromatic heterocycles. The van der Waals surface area contributed by atoms with Crippen LogP contribution >= 0.6 is 0 Å². The second-order valence-corrected chi connectivity index (χ2v) is 26.6. The SMILES string of the molecule is N#Cc1cc(-c2cc(-n3c4cc(-c5ncnc(-c6ccccc6)n5)ccc4c4ccc(-c5nc(-c6ccccc6)nc(-c6ccccc6)n5)cc43)c(C#N)c(-n3c4cc(-c5nc(-c6ccccc6)nc(-c6ccccc6)n5)ccc4c4ccc(-c5nc(-c6ccccc6)nc(-c6ccccc6)n5)cc43)c2)cc(C(F)(F)F)c1. The first-order valence-corrected chi connectivity index (χ1v) is 35.8. The van der Waals surface area contributed by atoms with E-state index in [4.69, 9.17) is 54.8 Å². The molecule has 526 valence electrons. The van der Waals surface area contributed by atoms with Crippen molar-refractivity contribution in [2.45, 2.75) is 6.18 Å². The van der Waals surface area contributed by atoms with Gasteiger partial charge < -0.3 is 9.13 Å². The molecular formula is C93H53F3N16. The van der Waals surface area contributed by atoms with Crippen LogP contribution in [0.2, 0.25) is 0 Å². The standard InChI is InChI=1S/C93H53F3N16/c94-93(95,96)70-45-56(53-97)44-68(46-70)69-51-80(111-76-47-64(83-100-55-99-82(101-83)57-22-8-1-9-23-57)36-40-71(76)72-41-37-65(48-77(72)111)90-105-84(58-24-10-2-11-25-58)102-85(106-90)59-26-12-3-13-27-59)75(54-98)81(52-69)112-78-49-66(91-107-86(60-28-14-4-15-29-60)103-87(108-91)61-30-16-5-17-31-61)38-42-73(78)74-43-39-67(50-79(74)112)92-109-88(62-32-18-6-19-33-62)104-89(110-92)63-34-20-7-21-35-63/h1-52,55H. The third-order valence-electron chi connectivity index (χ3n) is 19.7. The van der Waals surface area contributed by atoms with Gasteiger partial charge in [0.15, 0.2) is 64.1 Å². The summed E-state index contributed by atoms with van der Waals surface area (Å²) in [6.45, 7) is 0. The first-order chi connectivity index (χ1) is 55.0. The van der Waals surface area contributed by atoms with Crippen LogP contribution in [-0.4, -0.2) is 68.9 Å². The fourth-order valence-corrected chi connectivity index (χ4v) is 14.4. The molecule has 0 spiro atoms. The Morgan fingerprint density at radius 3 is 0.768 bits per heavy atom. The molecule has 0 atom stereocenters. The number of alkyl halides is 3. The molecule has 19 heteroatoms. The molecule has 0 bridgehead atoms. The number of rotatable bonds is 14. The second-order valence-electron chi connectivity index (χ2n) is 26.6. The number of fused-ring (bicyclic) bond motifs is 6. The number of nitrogens with zero attached hydrogens (tertiary/aromatic N) is 16. The average Bonchev–Trinajstić information content (AvgIpc) is 1.55. The monoisotopic (exact) mass is 1450 g/mol. The van der Waals surface area contributed by atoms with Crippen LogP contribution in [-0.2, 0) is 6.18 Å². The minimum atomic E-state index is -4.89. The zero-order valence-corrected chi connectivity index (χ0v) is 58.9. The molecule has 19 rings (SSSR count). The Morgan fingerprint density at radius 2 is 0.491 bits per heavy atom. The van der Waals surface area contributed by atoms with Crippen molar-refractivity contribution in [2.24, 2.45) is 0 Å². The highest BCUT2D eigenvalue weighted by atomic mass is 19.4. The van der Waals surface area contributed by atoms with Gasteiger partial charge in [-0.3, -0.25) is 0 Å². The van der Waals surface area contributed by atoms with E-state index in [2.05, 4.69) is 11.1 Å². The minimum absolute atomic E-state index is 0.0347. The van der Waals surface area contributed by atoms with Crippen molar-refractivity contribution >= 4 is 43.6 Å². The highest BCUT2D eigenvalue weighted by Crippen LogP contribution is 2.45. The largest absolute Gasteiger partial charge is 0.416 e. The first kappa shape index (κ1) is 66.9. The fraction of sp³-hybridized carbons (Fsp3) is 0.0108. The summed E-state index contributed by atoms with van der Waals surface area (Å²) in [5.41, 5.74) is 9.31. The van der Waals surface area contributed by atoms with Crippen molar-refractivity contribution in [3.63, 3.8) is 0 Å². The molecule has 0 aliphatic carbocycles. The van der Waals surface area contributed by atoms with Crippen LogP contribution in [0.25, 0.3) is 191 Å². The maximum atomic E-state index is 15.6. The van der Waals surface area contributed by atoms with E-state index < -0.39 is 11.7 Å². The smallest absolute Gasteiger partial charge is 0.308 e. The van der Waals surface area contributed by atoms with Crippen molar-refractivity contribution < 1.29 is 13.2 Å². The lowest BCUT2D eigenvalue weighted by molar-refractivity contribution is -0.137. The molecule has 19 aromatic rings. The topological polar surface area (TPSA) is 212 Å². The normalized spacial score (nSPS) is 11.5. The van der Waals surface area contributed by atoms with E-state index in [1.807, 2.05) is 300 Å². The molecule has 0 radical (unpaired) electrons. The number of benzene rings is 13. The van der Waals surface area contributed by atoms with E-state index in [1.54, 1.807) is 12.1 Å². The molecule has 0 amide bonds. The number of halogens is 3. The van der Waals surface area contributed by atoms with Gasteiger partial charge >= 0.3 is 6.18 Å². The fourth-order valence-electron chi connectivity index (χ4n) is 14.4. The predicted molar refractivity (Wildman–Crippen MR) is 428 cm³/mol. The lowest BCUT2D eigenvalue weighted by atomic mass is 9.96. The van der Waals surface area contributed by atoms with Crippen molar-refractivity contribution in [3.8, 4) is 160 Å². The summed E-state index contributed by atoms with van der Waals surface area (Å²) >= 11 is 0. The summed E-state index contributed by atoms with van der Waals surface area (Å²) in [5, 5.41) is 26.3. The molecular weight excluding hydrogens is 1400 g/mol. The maximum absolute atomic E-state index is 15.6. The summed E-state index contributed by atoms with van der Waals surface area (Å²) < 4.78 is 50.6. The van der Waals surface area contributed by atoms with Crippen LogP contribution in [0, 0.1) is 22.7 Å². The molecule has 0 aliphatic rings. The number of hydrogen-bond donors (Lipinski definition) is 0. The molecule has 13 aromatic carbocycles. The van der Waals surface area contributed by atoms with Gasteiger partial charge in [0.1, 0.15) is 18.0 Å². The highest BCUT2D eigenvalue weighted by molar-refractivity contribution is 6.13. The molecule has 0 saturated heterocycles. The van der Waals surface area contributed by atoms with E-state index in [0.717, 1.165) is 72.6 Å². The summed E-state index contributed by atoms with van der Waals surface area (Å²) in [6, 6.07) is 102. The van der Waals surface area contributed by atoms with Crippen molar-refractivity contribution in [2.75, 3.05) is 0 Å². The Bertz CT molecular complexity index is 6640. The van der Waals surface area contributed by atoms with Crippen molar-refractivity contribution in [1.82, 2.24) is 68.9 Å². The van der Waals surface area contributed by atoms with Crippen LogP contribution < -0.4 is 0 Å². The van der Waals surface area contributed by atoms with Crippen molar-refractivity contribution in [3.05, 3.63) is 338 Å². The van der Waals surface area contributed by atoms with Crippen molar-refractivity contribution in [1.29, 1.82) is 10.5 Å². The molecule has 0 fully saturated rings. The van der Waals surface area contributed by atoms with E-state index >= 15 is 13.2 Å². The second kappa shape index (κ2) is 27.9. The van der Waals surface area contributed by atoms with Gasteiger partial charge in [-0.15, -0.1) is 0 Å². The molecule has 112 heavy (non-hydrogen) atoms. The van der Waals surface area contributed by atoms with Gasteiger partial charge in [-0.1, -0.05) is 261 Å². The third kappa shape index (κ3) is 12.5. The summed E-state index contributed by atoms with van der Waals surface area (Å²) in [5.74, 6) is 4.32. The van der Waals surface area contributed by atoms with Gasteiger partial charge in [0, 0.05) is 82.7 Å². The molecule has 0 unspecified atom stereocenters. The van der Waals surface area contributed by atoms with Gasteiger partial charge in [-0.05, 0) is 65.7 Å². The van der Waals surface area contributed by atoms with Crippen LogP contribution in [0.3, 0.4) is 0 Å². The Kier molecular flexibility index (Phi) is 16.7. The molecule has 16 nitrogen and oxygen atoms in total. The van der Waals surface area contributed by atoms with Crippen LogP contribution in [0.5, 0.6) is 0 Å². The summed E-state index contributed by atoms with van der Waals surface area (Å²) in [4.78, 5) is 60.5.